The highest BCUT2D eigenvalue weighted by atomic mass is 16.3. The van der Waals surface area contributed by atoms with Gasteiger partial charge in [-0.2, -0.15) is 0 Å². The summed E-state index contributed by atoms with van der Waals surface area (Å²) in [5, 5.41) is 8.60. The molecule has 0 radical (unpaired) electrons. The third kappa shape index (κ3) is 2.28. The average molecular weight is 128 g/mol. The number of nitrogens with two attached hydrogens (primary N) is 1. The van der Waals surface area contributed by atoms with Crippen LogP contribution in [0, 0.1) is 0 Å². The molecule has 0 aliphatic carbocycles. The van der Waals surface area contributed by atoms with E-state index in [4.69, 9.17) is 10.8 Å². The molecule has 0 unspecified atom stereocenters. The second kappa shape index (κ2) is 4.09. The Morgan fingerprint density at radius 3 is 2.44 bits per heavy atom. The molecular weight excluding hydrogens is 116 g/mol. The van der Waals surface area contributed by atoms with Crippen molar-refractivity contribution < 1.29 is 5.11 Å². The van der Waals surface area contributed by atoms with Crippen molar-refractivity contribution in [1.82, 2.24) is 0 Å². The summed E-state index contributed by atoms with van der Waals surface area (Å²) in [6.07, 6.45) is 1.43. The van der Waals surface area contributed by atoms with Gasteiger partial charge in [0, 0.05) is 7.05 Å². The average Bonchev–Trinajstić information content (AvgIpc) is 1.90. The fourth-order valence-corrected chi connectivity index (χ4v) is 0.468. The summed E-state index contributed by atoms with van der Waals surface area (Å²) in [6, 6.07) is 0. The van der Waals surface area contributed by atoms with E-state index in [1.165, 1.54) is 6.20 Å². The first kappa shape index (κ1) is 8.17. The quantitative estimate of drug-likeness (QED) is 0.511. The van der Waals surface area contributed by atoms with E-state index >= 15 is 0 Å². The second-order valence-electron chi connectivity index (χ2n) is 1.68. The van der Waals surface area contributed by atoms with Crippen LogP contribution in [-0.4, -0.2) is 24.5 Å². The molecule has 3 heteroatoms. The minimum absolute atomic E-state index is 0.0456. The molecule has 0 rings (SSSR count). The van der Waals surface area contributed by atoms with Crippen molar-refractivity contribution in [2.24, 2.45) is 10.7 Å². The van der Waals surface area contributed by atoms with Crippen molar-refractivity contribution in [2.45, 2.75) is 6.92 Å². The Morgan fingerprint density at radius 2 is 2.33 bits per heavy atom. The van der Waals surface area contributed by atoms with Crippen molar-refractivity contribution in [3.63, 3.8) is 0 Å². The predicted molar refractivity (Wildman–Crippen MR) is 38.4 cm³/mol. The SMILES string of the molecule is CN=C(CO)/C(C)=C\N. The normalized spacial score (nSPS) is 14.1. The predicted octanol–water partition coefficient (Wildman–Crippen LogP) is -0.0880. The van der Waals surface area contributed by atoms with Crippen molar-refractivity contribution in [2.75, 3.05) is 13.7 Å². The van der Waals surface area contributed by atoms with Crippen LogP contribution in [0.15, 0.2) is 16.8 Å². The van der Waals surface area contributed by atoms with Gasteiger partial charge in [-0.15, -0.1) is 0 Å². The smallest absolute Gasteiger partial charge is 0.0851 e. The molecule has 0 saturated heterocycles. The van der Waals surface area contributed by atoms with E-state index in [0.29, 0.717) is 5.71 Å². The molecule has 0 aromatic rings. The molecule has 0 spiro atoms. The molecule has 0 aliphatic rings. The Hall–Kier alpha value is -0.830. The van der Waals surface area contributed by atoms with Crippen LogP contribution in [0.2, 0.25) is 0 Å². The summed E-state index contributed by atoms with van der Waals surface area (Å²) in [4.78, 5) is 3.80. The fraction of sp³-hybridized carbons (Fsp3) is 0.500. The standard InChI is InChI=1S/C6H12N2O/c1-5(3-7)6(4-9)8-2/h3,9H,4,7H2,1-2H3/b5-3-,8-6?. The van der Waals surface area contributed by atoms with Gasteiger partial charge in [0.15, 0.2) is 0 Å². The van der Waals surface area contributed by atoms with E-state index in [1.807, 2.05) is 0 Å². The van der Waals surface area contributed by atoms with Gasteiger partial charge in [0.1, 0.15) is 0 Å². The summed E-state index contributed by atoms with van der Waals surface area (Å²) in [6.45, 7) is 1.76. The van der Waals surface area contributed by atoms with Gasteiger partial charge in [-0.1, -0.05) is 0 Å². The van der Waals surface area contributed by atoms with Crippen LogP contribution >= 0.6 is 0 Å². The summed E-state index contributed by atoms with van der Waals surface area (Å²) in [5.74, 6) is 0. The first-order valence-corrected chi connectivity index (χ1v) is 2.71. The Morgan fingerprint density at radius 1 is 1.78 bits per heavy atom. The maximum atomic E-state index is 8.60. The van der Waals surface area contributed by atoms with E-state index in [2.05, 4.69) is 4.99 Å². The van der Waals surface area contributed by atoms with Gasteiger partial charge in [0.2, 0.25) is 0 Å². The molecule has 3 nitrogen and oxygen atoms in total. The molecule has 0 aliphatic heterocycles. The van der Waals surface area contributed by atoms with Gasteiger partial charge in [-0.3, -0.25) is 4.99 Å². The minimum Gasteiger partial charge on any atom is -0.404 e. The third-order valence-electron chi connectivity index (χ3n) is 1.12. The molecule has 0 aromatic carbocycles. The van der Waals surface area contributed by atoms with Crippen molar-refractivity contribution in [1.29, 1.82) is 0 Å². The van der Waals surface area contributed by atoms with Crippen LogP contribution < -0.4 is 5.73 Å². The Labute approximate surface area is 54.9 Å². The van der Waals surface area contributed by atoms with Crippen molar-refractivity contribution in [3.05, 3.63) is 11.8 Å². The zero-order chi connectivity index (χ0) is 7.28. The molecule has 3 N–H and O–H groups in total. The number of aliphatic hydroxyl groups excluding tert-OH is 1. The Bertz CT molecular complexity index is 138. The molecular formula is C6H12N2O. The van der Waals surface area contributed by atoms with Crippen LogP contribution in [0.1, 0.15) is 6.92 Å². The molecule has 52 valence electrons. The van der Waals surface area contributed by atoms with E-state index in [1.54, 1.807) is 14.0 Å². The Kier molecular flexibility index (Phi) is 3.71. The van der Waals surface area contributed by atoms with Crippen LogP contribution in [0.3, 0.4) is 0 Å². The van der Waals surface area contributed by atoms with E-state index in [0.717, 1.165) is 5.57 Å². The highest BCUT2D eigenvalue weighted by Crippen LogP contribution is 1.92. The number of rotatable bonds is 2. The van der Waals surface area contributed by atoms with Gasteiger partial charge in [-0.05, 0) is 18.7 Å². The van der Waals surface area contributed by atoms with Crippen LogP contribution in [0.25, 0.3) is 0 Å². The van der Waals surface area contributed by atoms with E-state index in [9.17, 15) is 0 Å². The van der Waals surface area contributed by atoms with Crippen molar-refractivity contribution >= 4 is 5.71 Å². The lowest BCUT2D eigenvalue weighted by molar-refractivity contribution is 0.357. The first-order chi connectivity index (χ1) is 4.26. The number of aliphatic imine (C=N–C) groups is 1. The number of aliphatic hydroxyl groups is 1. The molecule has 0 amide bonds. The maximum Gasteiger partial charge on any atom is 0.0851 e. The van der Waals surface area contributed by atoms with E-state index in [-0.39, 0.29) is 6.61 Å². The minimum atomic E-state index is -0.0456. The highest BCUT2D eigenvalue weighted by molar-refractivity contribution is 6.00. The summed E-state index contributed by atoms with van der Waals surface area (Å²) < 4.78 is 0. The topological polar surface area (TPSA) is 58.6 Å². The molecule has 0 bridgehead atoms. The Balaban J connectivity index is 4.14. The van der Waals surface area contributed by atoms with Gasteiger partial charge in [0.25, 0.3) is 0 Å². The lowest BCUT2D eigenvalue weighted by Crippen LogP contribution is -2.07. The van der Waals surface area contributed by atoms with Crippen LogP contribution in [0.5, 0.6) is 0 Å². The van der Waals surface area contributed by atoms with Gasteiger partial charge >= 0.3 is 0 Å². The number of hydrogen-bond donors (Lipinski definition) is 2. The highest BCUT2D eigenvalue weighted by Gasteiger charge is 1.95. The van der Waals surface area contributed by atoms with Gasteiger partial charge in [-0.25, -0.2) is 0 Å². The second-order valence-corrected chi connectivity index (χ2v) is 1.68. The number of nitrogens with zero attached hydrogens (tertiary/aromatic N) is 1. The zero-order valence-corrected chi connectivity index (χ0v) is 5.76. The lowest BCUT2D eigenvalue weighted by Gasteiger charge is -1.98. The maximum absolute atomic E-state index is 8.60. The van der Waals surface area contributed by atoms with E-state index < -0.39 is 0 Å². The fourth-order valence-electron chi connectivity index (χ4n) is 0.468. The molecule has 0 heterocycles. The van der Waals surface area contributed by atoms with Crippen LogP contribution in [0.4, 0.5) is 0 Å². The monoisotopic (exact) mass is 128 g/mol. The van der Waals surface area contributed by atoms with Gasteiger partial charge in [0.05, 0.1) is 12.3 Å². The van der Waals surface area contributed by atoms with Crippen molar-refractivity contribution in [3.8, 4) is 0 Å². The molecule has 0 saturated carbocycles. The summed E-state index contributed by atoms with van der Waals surface area (Å²) in [5.41, 5.74) is 6.63. The number of hydrogen-bond acceptors (Lipinski definition) is 3. The first-order valence-electron chi connectivity index (χ1n) is 2.71. The summed E-state index contributed by atoms with van der Waals surface area (Å²) in [7, 11) is 1.62. The molecule has 9 heavy (non-hydrogen) atoms. The summed E-state index contributed by atoms with van der Waals surface area (Å²) >= 11 is 0. The molecule has 0 atom stereocenters. The largest absolute Gasteiger partial charge is 0.404 e. The molecule has 0 fully saturated rings. The lowest BCUT2D eigenvalue weighted by atomic mass is 10.2. The van der Waals surface area contributed by atoms with Crippen LogP contribution in [-0.2, 0) is 0 Å². The third-order valence-corrected chi connectivity index (χ3v) is 1.12. The van der Waals surface area contributed by atoms with Gasteiger partial charge < -0.3 is 10.8 Å². The molecule has 0 aromatic heterocycles. The zero-order valence-electron chi connectivity index (χ0n) is 5.76.